The Morgan fingerprint density at radius 1 is 0.710 bits per heavy atom. The second-order valence-electron chi connectivity index (χ2n) is 8.27. The van der Waals surface area contributed by atoms with Gasteiger partial charge in [-0.1, -0.05) is 66.7 Å². The second kappa shape index (κ2) is 9.09. The van der Waals surface area contributed by atoms with Gasteiger partial charge >= 0.3 is 0 Å². The van der Waals surface area contributed by atoms with E-state index < -0.39 is 23.3 Å². The molecule has 1 saturated carbocycles. The number of hydrogen-bond acceptors (Lipinski definition) is 0. The van der Waals surface area contributed by atoms with Crippen LogP contribution in [0.4, 0.5) is 17.6 Å². The van der Waals surface area contributed by atoms with Crippen molar-refractivity contribution in [2.24, 2.45) is 5.92 Å². The lowest BCUT2D eigenvalue weighted by molar-refractivity contribution is 0.365. The largest absolute Gasteiger partial charge is 0.203 e. The molecule has 1 fully saturated rings. The molecule has 3 aromatic rings. The van der Waals surface area contributed by atoms with E-state index >= 15 is 0 Å². The van der Waals surface area contributed by atoms with Crippen LogP contribution in [0, 0.1) is 36.1 Å². The SMILES string of the molecule is Cc1ccc(/C=C/C2CCC(c3ccc(-c4ccccc4)c(F)c3F)CC2)c(F)c1F. The highest BCUT2D eigenvalue weighted by molar-refractivity contribution is 5.64. The van der Waals surface area contributed by atoms with Crippen molar-refractivity contribution in [2.45, 2.75) is 38.5 Å². The number of rotatable bonds is 4. The molecule has 31 heavy (non-hydrogen) atoms. The van der Waals surface area contributed by atoms with E-state index in [4.69, 9.17) is 0 Å². The lowest BCUT2D eigenvalue weighted by atomic mass is 9.78. The van der Waals surface area contributed by atoms with Gasteiger partial charge in [0, 0.05) is 11.1 Å². The quantitative estimate of drug-likeness (QED) is 0.370. The summed E-state index contributed by atoms with van der Waals surface area (Å²) in [5.74, 6) is -3.06. The Morgan fingerprint density at radius 2 is 1.42 bits per heavy atom. The molecule has 3 aromatic carbocycles. The first kappa shape index (κ1) is 21.4. The van der Waals surface area contributed by atoms with Crippen LogP contribution in [-0.4, -0.2) is 0 Å². The lowest BCUT2D eigenvalue weighted by Crippen LogP contribution is -2.13. The maximum Gasteiger partial charge on any atom is 0.166 e. The lowest BCUT2D eigenvalue weighted by Gasteiger charge is -2.27. The van der Waals surface area contributed by atoms with Crippen molar-refractivity contribution in [1.29, 1.82) is 0 Å². The zero-order valence-electron chi connectivity index (χ0n) is 17.3. The van der Waals surface area contributed by atoms with Crippen molar-refractivity contribution in [3.05, 3.63) is 101 Å². The molecule has 4 heteroatoms. The van der Waals surface area contributed by atoms with Crippen LogP contribution in [0.5, 0.6) is 0 Å². The number of hydrogen-bond donors (Lipinski definition) is 0. The van der Waals surface area contributed by atoms with Crippen LogP contribution in [0.3, 0.4) is 0 Å². The number of allylic oxidation sites excluding steroid dienone is 1. The molecule has 0 unspecified atom stereocenters. The van der Waals surface area contributed by atoms with Gasteiger partial charge in [0.15, 0.2) is 23.3 Å². The molecular formula is C27H24F4. The Kier molecular flexibility index (Phi) is 6.26. The predicted octanol–water partition coefficient (Wildman–Crippen LogP) is 8.21. The van der Waals surface area contributed by atoms with Crippen molar-refractivity contribution >= 4 is 6.08 Å². The highest BCUT2D eigenvalue weighted by atomic mass is 19.2. The molecule has 0 heterocycles. The zero-order chi connectivity index (χ0) is 22.0. The molecule has 0 radical (unpaired) electrons. The highest BCUT2D eigenvalue weighted by Gasteiger charge is 2.25. The average Bonchev–Trinajstić information content (AvgIpc) is 2.80. The molecule has 0 aliphatic heterocycles. The van der Waals surface area contributed by atoms with Crippen molar-refractivity contribution in [2.75, 3.05) is 0 Å². The molecule has 0 aromatic heterocycles. The fourth-order valence-corrected chi connectivity index (χ4v) is 4.37. The third-order valence-electron chi connectivity index (χ3n) is 6.26. The fraction of sp³-hybridized carbons (Fsp3) is 0.259. The normalized spacial score (nSPS) is 19.1. The summed E-state index contributed by atoms with van der Waals surface area (Å²) >= 11 is 0. The van der Waals surface area contributed by atoms with E-state index in [0.29, 0.717) is 11.1 Å². The molecule has 0 bridgehead atoms. The summed E-state index contributed by atoms with van der Waals surface area (Å²) < 4.78 is 57.3. The van der Waals surface area contributed by atoms with Gasteiger partial charge in [-0.2, -0.15) is 0 Å². The summed E-state index contributed by atoms with van der Waals surface area (Å²) in [6, 6.07) is 15.4. The zero-order valence-corrected chi connectivity index (χ0v) is 17.3. The van der Waals surface area contributed by atoms with Crippen LogP contribution in [0.25, 0.3) is 17.2 Å². The first-order valence-electron chi connectivity index (χ1n) is 10.6. The molecule has 0 nitrogen and oxygen atoms in total. The van der Waals surface area contributed by atoms with Crippen molar-refractivity contribution < 1.29 is 17.6 Å². The second-order valence-corrected chi connectivity index (χ2v) is 8.27. The molecule has 0 spiro atoms. The van der Waals surface area contributed by atoms with Gasteiger partial charge in [0.25, 0.3) is 0 Å². The summed E-state index contributed by atoms with van der Waals surface area (Å²) in [6.45, 7) is 1.53. The minimum absolute atomic E-state index is 0.0440. The summed E-state index contributed by atoms with van der Waals surface area (Å²) in [5, 5.41) is 0. The molecule has 0 atom stereocenters. The van der Waals surface area contributed by atoms with Crippen LogP contribution in [0.2, 0.25) is 0 Å². The summed E-state index contributed by atoms with van der Waals surface area (Å²) in [4.78, 5) is 0. The van der Waals surface area contributed by atoms with Crippen LogP contribution in [0.1, 0.15) is 48.3 Å². The maximum atomic E-state index is 14.8. The maximum absolute atomic E-state index is 14.8. The molecule has 0 saturated heterocycles. The molecule has 1 aliphatic carbocycles. The minimum atomic E-state index is -0.832. The fourth-order valence-electron chi connectivity index (χ4n) is 4.37. The number of aryl methyl sites for hydroxylation is 1. The Bertz CT molecular complexity index is 1090. The first-order valence-corrected chi connectivity index (χ1v) is 10.6. The van der Waals surface area contributed by atoms with Gasteiger partial charge in [0.2, 0.25) is 0 Å². The van der Waals surface area contributed by atoms with E-state index in [2.05, 4.69) is 0 Å². The molecule has 1 aliphatic rings. The Balaban J connectivity index is 1.44. The van der Waals surface area contributed by atoms with Gasteiger partial charge in [0.05, 0.1) is 0 Å². The first-order chi connectivity index (χ1) is 15.0. The molecule has 160 valence electrons. The van der Waals surface area contributed by atoms with Gasteiger partial charge in [-0.05, 0) is 61.1 Å². The van der Waals surface area contributed by atoms with Gasteiger partial charge in [-0.25, -0.2) is 17.6 Å². The van der Waals surface area contributed by atoms with E-state index in [9.17, 15) is 17.6 Å². The molecule has 0 N–H and O–H groups in total. The van der Waals surface area contributed by atoms with Gasteiger partial charge in [0.1, 0.15) is 0 Å². The van der Waals surface area contributed by atoms with E-state index in [1.165, 1.54) is 6.92 Å². The molecular weight excluding hydrogens is 400 g/mol. The standard InChI is InChI=1S/C27H24F4/c1-17-7-11-21(25(29)24(17)28)14-10-18-8-12-20(13-9-18)23-16-15-22(26(30)27(23)31)19-5-3-2-4-6-19/h2-7,10-11,14-16,18,20H,8-9,12-13H2,1H3/b14-10+. The molecule has 0 amide bonds. The monoisotopic (exact) mass is 424 g/mol. The average molecular weight is 424 g/mol. The summed E-state index contributed by atoms with van der Waals surface area (Å²) in [6.07, 6.45) is 6.55. The van der Waals surface area contributed by atoms with Crippen molar-refractivity contribution in [1.82, 2.24) is 0 Å². The Hall–Kier alpha value is -2.88. The van der Waals surface area contributed by atoms with Gasteiger partial charge in [-0.3, -0.25) is 0 Å². The Labute approximate surface area is 180 Å². The summed E-state index contributed by atoms with van der Waals surface area (Å²) in [5.41, 5.74) is 1.86. The van der Waals surface area contributed by atoms with Crippen LogP contribution >= 0.6 is 0 Å². The predicted molar refractivity (Wildman–Crippen MR) is 117 cm³/mol. The van der Waals surface area contributed by atoms with Gasteiger partial charge in [-0.15, -0.1) is 0 Å². The van der Waals surface area contributed by atoms with E-state index in [0.717, 1.165) is 25.7 Å². The summed E-state index contributed by atoms with van der Waals surface area (Å²) in [7, 11) is 0. The number of halogens is 4. The van der Waals surface area contributed by atoms with E-state index in [-0.39, 0.29) is 28.5 Å². The van der Waals surface area contributed by atoms with E-state index in [1.54, 1.807) is 54.6 Å². The third kappa shape index (κ3) is 4.43. The minimum Gasteiger partial charge on any atom is -0.203 e. The molecule has 4 rings (SSSR count). The van der Waals surface area contributed by atoms with Gasteiger partial charge < -0.3 is 0 Å². The highest BCUT2D eigenvalue weighted by Crippen LogP contribution is 2.39. The topological polar surface area (TPSA) is 0 Å². The van der Waals surface area contributed by atoms with Crippen LogP contribution in [-0.2, 0) is 0 Å². The Morgan fingerprint density at radius 3 is 2.13 bits per heavy atom. The number of benzene rings is 3. The van der Waals surface area contributed by atoms with Crippen molar-refractivity contribution in [3.63, 3.8) is 0 Å². The van der Waals surface area contributed by atoms with E-state index in [1.807, 2.05) is 12.1 Å². The van der Waals surface area contributed by atoms with Crippen molar-refractivity contribution in [3.8, 4) is 11.1 Å². The van der Waals surface area contributed by atoms with Crippen LogP contribution < -0.4 is 0 Å². The smallest absolute Gasteiger partial charge is 0.166 e. The third-order valence-corrected chi connectivity index (χ3v) is 6.26. The van der Waals surface area contributed by atoms with Crippen LogP contribution in [0.15, 0.2) is 60.7 Å².